The number of aryl methyl sites for hydroxylation is 2. The number of hydrogen-bond acceptors (Lipinski definition) is 1. The molecular formula is C17H19BrN2. The molecule has 0 aliphatic heterocycles. The van der Waals surface area contributed by atoms with Gasteiger partial charge >= 0.3 is 0 Å². The highest BCUT2D eigenvalue weighted by atomic mass is 79.9. The molecule has 3 rings (SSSR count). The summed E-state index contributed by atoms with van der Waals surface area (Å²) >= 11 is 3.53. The zero-order chi connectivity index (χ0) is 14.7. The molecule has 0 radical (unpaired) electrons. The van der Waals surface area contributed by atoms with Crippen LogP contribution in [0, 0.1) is 13.8 Å². The van der Waals surface area contributed by atoms with Gasteiger partial charge in [-0.3, -0.25) is 0 Å². The van der Waals surface area contributed by atoms with E-state index in [9.17, 15) is 0 Å². The minimum Gasteiger partial charge on any atom is -0.233 e. The van der Waals surface area contributed by atoms with Crippen molar-refractivity contribution < 1.29 is 0 Å². The van der Waals surface area contributed by atoms with E-state index in [1.54, 1.807) is 0 Å². The number of rotatable bonds is 1. The van der Waals surface area contributed by atoms with E-state index < -0.39 is 0 Å². The second kappa shape index (κ2) is 6.23. The molecule has 0 aliphatic carbocycles. The van der Waals surface area contributed by atoms with Crippen molar-refractivity contribution in [3.8, 4) is 5.69 Å². The molecule has 3 heteroatoms. The van der Waals surface area contributed by atoms with Crippen LogP contribution in [0.15, 0.2) is 46.9 Å². The second-order valence-corrected chi connectivity index (χ2v) is 5.36. The van der Waals surface area contributed by atoms with Crippen molar-refractivity contribution in [2.24, 2.45) is 0 Å². The Labute approximate surface area is 128 Å². The fourth-order valence-corrected chi connectivity index (χ4v) is 2.58. The van der Waals surface area contributed by atoms with Crippen LogP contribution in [0.4, 0.5) is 0 Å². The number of benzene rings is 2. The quantitative estimate of drug-likeness (QED) is 0.581. The van der Waals surface area contributed by atoms with Crippen molar-refractivity contribution in [1.29, 1.82) is 0 Å². The van der Waals surface area contributed by atoms with E-state index in [1.807, 2.05) is 37.6 Å². The normalized spacial score (nSPS) is 10.2. The molecule has 0 amide bonds. The van der Waals surface area contributed by atoms with Gasteiger partial charge in [0.1, 0.15) is 0 Å². The van der Waals surface area contributed by atoms with Crippen LogP contribution >= 0.6 is 15.9 Å². The molecule has 2 aromatic carbocycles. The van der Waals surface area contributed by atoms with E-state index in [-0.39, 0.29) is 0 Å². The van der Waals surface area contributed by atoms with Crippen LogP contribution in [-0.4, -0.2) is 9.78 Å². The van der Waals surface area contributed by atoms with E-state index in [1.165, 1.54) is 10.9 Å². The van der Waals surface area contributed by atoms with Crippen molar-refractivity contribution in [3.05, 3.63) is 58.2 Å². The molecule has 0 fully saturated rings. The highest BCUT2D eigenvalue weighted by molar-refractivity contribution is 9.10. The number of fused-ring (bicyclic) bond motifs is 1. The van der Waals surface area contributed by atoms with Crippen molar-refractivity contribution in [1.82, 2.24) is 9.78 Å². The Balaban J connectivity index is 0.000000704. The summed E-state index contributed by atoms with van der Waals surface area (Å²) in [6, 6.07) is 14.6. The van der Waals surface area contributed by atoms with Gasteiger partial charge in [0.2, 0.25) is 0 Å². The van der Waals surface area contributed by atoms with E-state index in [4.69, 9.17) is 0 Å². The summed E-state index contributed by atoms with van der Waals surface area (Å²) < 4.78 is 3.09. The van der Waals surface area contributed by atoms with Gasteiger partial charge in [-0.05, 0) is 43.7 Å². The fourth-order valence-electron chi connectivity index (χ4n) is 2.23. The molecule has 0 unspecified atom stereocenters. The van der Waals surface area contributed by atoms with Crippen molar-refractivity contribution in [2.45, 2.75) is 27.7 Å². The maximum Gasteiger partial charge on any atom is 0.0755 e. The Morgan fingerprint density at radius 3 is 2.40 bits per heavy atom. The molecular weight excluding hydrogens is 312 g/mol. The molecule has 20 heavy (non-hydrogen) atoms. The van der Waals surface area contributed by atoms with Gasteiger partial charge in [0, 0.05) is 9.86 Å². The predicted octanol–water partition coefficient (Wildman–Crippen LogP) is 5.43. The van der Waals surface area contributed by atoms with Gasteiger partial charge in [-0.15, -0.1) is 0 Å². The Morgan fingerprint density at radius 2 is 1.70 bits per heavy atom. The van der Waals surface area contributed by atoms with E-state index in [0.717, 1.165) is 21.4 Å². The van der Waals surface area contributed by atoms with E-state index >= 15 is 0 Å². The van der Waals surface area contributed by atoms with Gasteiger partial charge in [-0.1, -0.05) is 48.0 Å². The van der Waals surface area contributed by atoms with Gasteiger partial charge in [0.05, 0.1) is 16.9 Å². The van der Waals surface area contributed by atoms with Crippen molar-refractivity contribution >= 4 is 26.8 Å². The molecule has 3 aromatic rings. The average Bonchev–Trinajstić information content (AvgIpc) is 2.78. The van der Waals surface area contributed by atoms with Crippen molar-refractivity contribution in [3.63, 3.8) is 0 Å². The summed E-state index contributed by atoms with van der Waals surface area (Å²) in [4.78, 5) is 0. The minimum atomic E-state index is 1.06. The molecule has 0 bridgehead atoms. The van der Waals surface area contributed by atoms with Crippen LogP contribution in [0.1, 0.15) is 25.1 Å². The monoisotopic (exact) mass is 330 g/mol. The van der Waals surface area contributed by atoms with Crippen molar-refractivity contribution in [2.75, 3.05) is 0 Å². The van der Waals surface area contributed by atoms with Gasteiger partial charge in [0.25, 0.3) is 0 Å². The third-order valence-corrected chi connectivity index (χ3v) is 3.66. The molecule has 1 heterocycles. The number of hydrogen-bond donors (Lipinski definition) is 0. The summed E-state index contributed by atoms with van der Waals surface area (Å²) in [6.07, 6.45) is 0. The summed E-state index contributed by atoms with van der Waals surface area (Å²) in [5, 5.41) is 5.85. The summed E-state index contributed by atoms with van der Waals surface area (Å²) in [5.74, 6) is 0. The zero-order valence-electron chi connectivity index (χ0n) is 12.3. The molecule has 0 N–H and O–H groups in total. The first-order valence-corrected chi connectivity index (χ1v) is 7.67. The Kier molecular flexibility index (Phi) is 4.61. The van der Waals surface area contributed by atoms with Crippen LogP contribution in [0.25, 0.3) is 16.6 Å². The lowest BCUT2D eigenvalue weighted by atomic mass is 10.2. The molecule has 0 aliphatic rings. The first-order valence-electron chi connectivity index (χ1n) is 6.88. The topological polar surface area (TPSA) is 17.8 Å². The van der Waals surface area contributed by atoms with Crippen LogP contribution in [-0.2, 0) is 0 Å². The molecule has 0 saturated heterocycles. The van der Waals surface area contributed by atoms with Crippen LogP contribution in [0.2, 0.25) is 0 Å². The molecule has 104 valence electrons. The van der Waals surface area contributed by atoms with Crippen LogP contribution in [0.3, 0.4) is 0 Å². The van der Waals surface area contributed by atoms with Gasteiger partial charge < -0.3 is 0 Å². The van der Waals surface area contributed by atoms with Gasteiger partial charge in [0.15, 0.2) is 0 Å². The fraction of sp³-hybridized carbons (Fsp3) is 0.235. The summed E-state index contributed by atoms with van der Waals surface area (Å²) in [5.41, 5.74) is 4.55. The minimum absolute atomic E-state index is 1.06. The highest BCUT2D eigenvalue weighted by Gasteiger charge is 2.10. The molecule has 0 atom stereocenters. The van der Waals surface area contributed by atoms with Crippen LogP contribution < -0.4 is 0 Å². The van der Waals surface area contributed by atoms with Gasteiger partial charge in [-0.25, -0.2) is 4.68 Å². The zero-order valence-corrected chi connectivity index (χ0v) is 13.9. The number of halogens is 1. The summed E-state index contributed by atoms with van der Waals surface area (Å²) in [7, 11) is 0. The third-order valence-electron chi connectivity index (χ3n) is 3.17. The largest absolute Gasteiger partial charge is 0.233 e. The lowest BCUT2D eigenvalue weighted by molar-refractivity contribution is 0.881. The second-order valence-electron chi connectivity index (χ2n) is 4.45. The Morgan fingerprint density at radius 1 is 1.00 bits per heavy atom. The third kappa shape index (κ3) is 2.63. The average molecular weight is 331 g/mol. The SMILES string of the molecule is CC.Cc1ccccc1-n1nc(C)c2ccc(Br)cc21. The van der Waals surface area contributed by atoms with E-state index in [2.05, 4.69) is 58.3 Å². The molecule has 2 nitrogen and oxygen atoms in total. The number of para-hydroxylation sites is 1. The lowest BCUT2D eigenvalue weighted by Gasteiger charge is -2.06. The standard InChI is InChI=1S/C15H13BrN2.C2H6/c1-10-5-3-4-6-14(10)18-15-9-12(16)7-8-13(15)11(2)17-18;1-2/h3-9H,1-2H3;1-2H3. The Hall–Kier alpha value is -1.61. The molecule has 0 spiro atoms. The van der Waals surface area contributed by atoms with Crippen LogP contribution in [0.5, 0.6) is 0 Å². The lowest BCUT2D eigenvalue weighted by Crippen LogP contribution is -1.98. The predicted molar refractivity (Wildman–Crippen MR) is 89.6 cm³/mol. The maximum absolute atomic E-state index is 4.66. The maximum atomic E-state index is 4.66. The number of nitrogens with zero attached hydrogens (tertiary/aromatic N) is 2. The number of aromatic nitrogens is 2. The molecule has 1 aromatic heterocycles. The first-order chi connectivity index (χ1) is 9.66. The first kappa shape index (κ1) is 14.8. The highest BCUT2D eigenvalue weighted by Crippen LogP contribution is 2.26. The molecule has 0 saturated carbocycles. The van der Waals surface area contributed by atoms with Gasteiger partial charge in [-0.2, -0.15) is 5.10 Å². The Bertz CT molecular complexity index is 729. The smallest absolute Gasteiger partial charge is 0.0755 e. The van der Waals surface area contributed by atoms with E-state index in [0.29, 0.717) is 0 Å². The summed E-state index contributed by atoms with van der Waals surface area (Å²) in [6.45, 7) is 8.15.